The summed E-state index contributed by atoms with van der Waals surface area (Å²) in [6.45, 7) is 4.87. The third kappa shape index (κ3) is 4.67. The number of phenolic OH excluding ortho intramolecular Hbond substituents is 1. The minimum Gasteiger partial charge on any atom is -0.508 e. The van der Waals surface area contributed by atoms with E-state index < -0.39 is 17.3 Å². The van der Waals surface area contributed by atoms with Crippen molar-refractivity contribution in [2.24, 2.45) is 0 Å². The van der Waals surface area contributed by atoms with Crippen LogP contribution < -0.4 is 19.7 Å². The summed E-state index contributed by atoms with van der Waals surface area (Å²) in [5, 5.41) is 15.7. The molecule has 8 rings (SSSR count). The Kier molecular flexibility index (Phi) is 6.54. The molecule has 9 nitrogen and oxygen atoms in total. The summed E-state index contributed by atoms with van der Waals surface area (Å²) in [6, 6.07) is 8.32. The fourth-order valence-electron chi connectivity index (χ4n) is 7.40. The molecule has 0 spiro atoms. The number of hydrogen-bond acceptors (Lipinski definition) is 9. The second-order valence-electron chi connectivity index (χ2n) is 13.0. The Balaban J connectivity index is 1.32. The lowest BCUT2D eigenvalue weighted by Gasteiger charge is -2.46. The third-order valence-corrected chi connectivity index (χ3v) is 9.82. The number of ether oxygens (including phenoxy) is 2. The number of hydrogen-bond donors (Lipinski definition) is 2. The molecule has 0 amide bonds. The van der Waals surface area contributed by atoms with Crippen LogP contribution in [-0.4, -0.2) is 81.0 Å². The topological polar surface area (TPSA) is 95.6 Å². The van der Waals surface area contributed by atoms with Crippen molar-refractivity contribution in [3.63, 3.8) is 0 Å². The molecule has 4 aliphatic rings. The molecule has 2 aromatic heterocycles. The van der Waals surface area contributed by atoms with Gasteiger partial charge in [-0.2, -0.15) is 9.97 Å². The highest BCUT2D eigenvalue weighted by molar-refractivity contribution is 6.04. The summed E-state index contributed by atoms with van der Waals surface area (Å²) < 4.78 is 58.2. The average Bonchev–Trinajstić information content (AvgIpc) is 3.76. The van der Waals surface area contributed by atoms with E-state index in [9.17, 15) is 13.9 Å². The molecule has 46 heavy (non-hydrogen) atoms. The number of alkyl halides is 2. The van der Waals surface area contributed by atoms with Crippen molar-refractivity contribution in [3.8, 4) is 41.2 Å². The van der Waals surface area contributed by atoms with E-state index in [1.807, 2.05) is 11.8 Å². The van der Waals surface area contributed by atoms with Gasteiger partial charge in [-0.25, -0.2) is 18.2 Å². The smallest absolute Gasteiger partial charge is 0.319 e. The number of nitrogens with one attached hydrogen (secondary N) is 1. The first kappa shape index (κ1) is 29.1. The molecular weight excluding hydrogens is 597 g/mol. The Bertz CT molecular complexity index is 1950. The molecule has 0 radical (unpaired) electrons. The molecular formula is C34H33F3N6O3. The first-order valence-electron chi connectivity index (χ1n) is 15.7. The molecule has 6 heterocycles. The van der Waals surface area contributed by atoms with Gasteiger partial charge in [-0.15, -0.1) is 6.42 Å². The Hall–Kier alpha value is -4.34. The highest BCUT2D eigenvalue weighted by Gasteiger charge is 2.60. The molecule has 238 valence electrons. The Labute approximate surface area is 263 Å². The number of benzene rings is 2. The monoisotopic (exact) mass is 630 g/mol. The lowest BCUT2D eigenvalue weighted by Crippen LogP contribution is -2.59. The largest absolute Gasteiger partial charge is 0.508 e. The second kappa shape index (κ2) is 10.3. The van der Waals surface area contributed by atoms with Crippen LogP contribution in [-0.2, 0) is 0 Å². The Morgan fingerprint density at radius 1 is 1.22 bits per heavy atom. The van der Waals surface area contributed by atoms with Gasteiger partial charge in [0, 0.05) is 35.5 Å². The van der Waals surface area contributed by atoms with Gasteiger partial charge in [0.2, 0.25) is 5.88 Å². The van der Waals surface area contributed by atoms with E-state index in [1.54, 1.807) is 29.2 Å². The standard InChI is InChI=1S/C34H33F3N6O3/c1-4-19-7-6-8-20-12-22(44)13-23(25(19)20)28-27(35)29-26-30(43-14-24(43)38-21(5-2)11-18(3)46-31(26)39-28)41-32(40-29)45-17-33-9-10-42(33)16-34(36,37)15-33/h1,6-8,12-13,18,21,24,38,44H,5,9-11,14-17H2,2-3H3/t18-,21-,24+,33+,43?/m0/s1. The van der Waals surface area contributed by atoms with Gasteiger partial charge < -0.3 is 19.5 Å². The SMILES string of the molecule is C#Cc1cccc2cc(O)cc(-c3nc4c5c(nc(OC[C@]67CCN6CC(F)(F)C7)nc5c3F)N3C[C@@H]3N[C@@H](CC)C[C@H](C)O4)c12. The number of halogens is 3. The van der Waals surface area contributed by atoms with Crippen LogP contribution in [0.1, 0.15) is 45.1 Å². The maximum atomic E-state index is 17.0. The average molecular weight is 631 g/mol. The van der Waals surface area contributed by atoms with Gasteiger partial charge in [-0.1, -0.05) is 25.0 Å². The summed E-state index contributed by atoms with van der Waals surface area (Å²) in [7, 11) is 0. The molecule has 0 aliphatic carbocycles. The number of aromatic nitrogens is 3. The molecule has 4 aliphatic heterocycles. The van der Waals surface area contributed by atoms with Crippen LogP contribution in [0.25, 0.3) is 32.9 Å². The normalized spacial score (nSPS) is 26.5. The van der Waals surface area contributed by atoms with E-state index in [0.717, 1.165) is 6.42 Å². The number of aromatic hydroxyl groups is 1. The molecule has 12 heteroatoms. The Morgan fingerprint density at radius 3 is 2.80 bits per heavy atom. The number of pyridine rings is 1. The van der Waals surface area contributed by atoms with Crippen LogP contribution in [0.4, 0.5) is 19.0 Å². The first-order chi connectivity index (χ1) is 22.1. The van der Waals surface area contributed by atoms with Crippen molar-refractivity contribution in [2.75, 3.05) is 31.1 Å². The van der Waals surface area contributed by atoms with Crippen LogP contribution in [0, 0.1) is 18.2 Å². The fraction of sp³-hybridized carbons (Fsp3) is 0.441. The van der Waals surface area contributed by atoms with Crippen LogP contribution in [0.2, 0.25) is 0 Å². The van der Waals surface area contributed by atoms with Crippen molar-refractivity contribution in [1.29, 1.82) is 0 Å². The number of terminal acetylenes is 1. The highest BCUT2D eigenvalue weighted by atomic mass is 19.3. The second-order valence-corrected chi connectivity index (χ2v) is 13.0. The molecule has 4 atom stereocenters. The summed E-state index contributed by atoms with van der Waals surface area (Å²) in [5.41, 5.74) is -0.200. The van der Waals surface area contributed by atoms with Crippen molar-refractivity contribution in [2.45, 2.75) is 69.3 Å². The molecule has 0 saturated carbocycles. The molecule has 4 aromatic rings. The van der Waals surface area contributed by atoms with E-state index >= 15 is 4.39 Å². The zero-order chi connectivity index (χ0) is 32.0. The summed E-state index contributed by atoms with van der Waals surface area (Å²) in [4.78, 5) is 17.7. The first-order valence-corrected chi connectivity index (χ1v) is 15.7. The Morgan fingerprint density at radius 2 is 2.07 bits per heavy atom. The fourth-order valence-corrected chi connectivity index (χ4v) is 7.40. The molecule has 0 unspecified atom stereocenters. The van der Waals surface area contributed by atoms with Crippen molar-refractivity contribution >= 4 is 27.5 Å². The van der Waals surface area contributed by atoms with E-state index in [4.69, 9.17) is 25.9 Å². The van der Waals surface area contributed by atoms with Gasteiger partial charge in [0.25, 0.3) is 5.92 Å². The summed E-state index contributed by atoms with van der Waals surface area (Å²) in [6.07, 6.45) is 7.33. The quantitative estimate of drug-likeness (QED) is 0.227. The van der Waals surface area contributed by atoms with Gasteiger partial charge in [0.1, 0.15) is 29.0 Å². The van der Waals surface area contributed by atoms with Crippen molar-refractivity contribution in [1.82, 2.24) is 25.2 Å². The van der Waals surface area contributed by atoms with Gasteiger partial charge in [0.05, 0.1) is 30.9 Å². The van der Waals surface area contributed by atoms with Crippen LogP contribution >= 0.6 is 0 Å². The lowest BCUT2D eigenvalue weighted by molar-refractivity contribution is -0.0132. The number of phenols is 1. The number of fused-ring (bicyclic) bond motifs is 4. The number of nitrogens with zero attached hydrogens (tertiary/aromatic N) is 5. The van der Waals surface area contributed by atoms with Gasteiger partial charge in [-0.3, -0.25) is 10.2 Å². The number of anilines is 1. The lowest BCUT2D eigenvalue weighted by atomic mass is 9.85. The van der Waals surface area contributed by atoms with E-state index in [0.29, 0.717) is 48.1 Å². The highest BCUT2D eigenvalue weighted by Crippen LogP contribution is 2.48. The minimum absolute atomic E-state index is 0.0424. The third-order valence-electron chi connectivity index (χ3n) is 9.82. The van der Waals surface area contributed by atoms with E-state index in [-0.39, 0.29) is 77.7 Å². The van der Waals surface area contributed by atoms with Crippen molar-refractivity contribution in [3.05, 3.63) is 41.7 Å². The molecule has 3 fully saturated rings. The summed E-state index contributed by atoms with van der Waals surface area (Å²) >= 11 is 0. The van der Waals surface area contributed by atoms with Crippen LogP contribution in [0.15, 0.2) is 30.3 Å². The molecule has 0 bridgehead atoms. The summed E-state index contributed by atoms with van der Waals surface area (Å²) in [5.74, 6) is -0.456. The van der Waals surface area contributed by atoms with Gasteiger partial charge >= 0.3 is 6.01 Å². The number of rotatable bonds is 5. The predicted octanol–water partition coefficient (Wildman–Crippen LogP) is 5.22. The van der Waals surface area contributed by atoms with Crippen molar-refractivity contribution < 1.29 is 27.8 Å². The van der Waals surface area contributed by atoms with Gasteiger partial charge in [0.15, 0.2) is 11.6 Å². The predicted molar refractivity (Wildman–Crippen MR) is 167 cm³/mol. The maximum absolute atomic E-state index is 17.0. The van der Waals surface area contributed by atoms with Gasteiger partial charge in [-0.05, 0) is 49.8 Å². The van der Waals surface area contributed by atoms with E-state index in [1.165, 1.54) is 6.07 Å². The van der Waals surface area contributed by atoms with Crippen LogP contribution in [0.5, 0.6) is 17.6 Å². The minimum atomic E-state index is -2.80. The maximum Gasteiger partial charge on any atom is 0.319 e. The molecule has 2 aromatic carbocycles. The molecule has 3 saturated heterocycles. The molecule has 2 N–H and O–H groups in total. The van der Waals surface area contributed by atoms with Crippen LogP contribution in [0.3, 0.4) is 0 Å². The van der Waals surface area contributed by atoms with E-state index in [2.05, 4.69) is 23.1 Å². The zero-order valence-corrected chi connectivity index (χ0v) is 25.5. The zero-order valence-electron chi connectivity index (χ0n) is 25.5.